The fourth-order valence-electron chi connectivity index (χ4n) is 2.47. The third-order valence-corrected chi connectivity index (χ3v) is 3.77. The van der Waals surface area contributed by atoms with Crippen LogP contribution in [0.2, 0.25) is 0 Å². The summed E-state index contributed by atoms with van der Waals surface area (Å²) < 4.78 is 5.86. The molecule has 3 rings (SSSR count). The SMILES string of the molecule is CC(=O)c1cccc(Oc2ccnc(NC(=O)C3=CCN=C3)c2)c1C. The summed E-state index contributed by atoms with van der Waals surface area (Å²) in [5.74, 6) is 1.20. The van der Waals surface area contributed by atoms with Gasteiger partial charge in [0, 0.05) is 29.6 Å². The van der Waals surface area contributed by atoms with Crippen molar-refractivity contribution in [2.24, 2.45) is 4.99 Å². The van der Waals surface area contributed by atoms with Crippen LogP contribution in [-0.2, 0) is 4.79 Å². The van der Waals surface area contributed by atoms with Gasteiger partial charge < -0.3 is 10.1 Å². The Labute approximate surface area is 145 Å². The molecule has 6 nitrogen and oxygen atoms in total. The van der Waals surface area contributed by atoms with E-state index in [0.29, 0.717) is 35.0 Å². The molecule has 1 aromatic carbocycles. The van der Waals surface area contributed by atoms with Crippen LogP contribution in [0.25, 0.3) is 0 Å². The van der Waals surface area contributed by atoms with E-state index in [9.17, 15) is 9.59 Å². The molecule has 2 aromatic rings. The second-order valence-electron chi connectivity index (χ2n) is 5.57. The van der Waals surface area contributed by atoms with E-state index in [4.69, 9.17) is 4.74 Å². The van der Waals surface area contributed by atoms with E-state index < -0.39 is 0 Å². The van der Waals surface area contributed by atoms with E-state index in [1.54, 1.807) is 42.6 Å². The van der Waals surface area contributed by atoms with Gasteiger partial charge in [-0.25, -0.2) is 4.98 Å². The second-order valence-corrected chi connectivity index (χ2v) is 5.57. The molecule has 0 spiro atoms. The lowest BCUT2D eigenvalue weighted by Crippen LogP contribution is -2.15. The molecule has 1 aliphatic rings. The van der Waals surface area contributed by atoms with Crippen molar-refractivity contribution >= 4 is 23.7 Å². The van der Waals surface area contributed by atoms with Crippen LogP contribution in [0.3, 0.4) is 0 Å². The molecule has 0 radical (unpaired) electrons. The summed E-state index contributed by atoms with van der Waals surface area (Å²) in [6, 6.07) is 8.64. The molecule has 0 aliphatic carbocycles. The summed E-state index contributed by atoms with van der Waals surface area (Å²) in [7, 11) is 0. The summed E-state index contributed by atoms with van der Waals surface area (Å²) in [5.41, 5.74) is 1.90. The molecule has 0 fully saturated rings. The van der Waals surface area contributed by atoms with Crippen molar-refractivity contribution in [3.8, 4) is 11.5 Å². The number of nitrogens with zero attached hydrogens (tertiary/aromatic N) is 2. The molecule has 2 heterocycles. The number of aromatic nitrogens is 1. The maximum atomic E-state index is 12.1. The zero-order valence-electron chi connectivity index (χ0n) is 13.9. The smallest absolute Gasteiger partial charge is 0.258 e. The maximum absolute atomic E-state index is 12.1. The number of ether oxygens (including phenoxy) is 1. The van der Waals surface area contributed by atoms with Crippen molar-refractivity contribution in [1.29, 1.82) is 0 Å². The first kappa shape index (κ1) is 16.6. The van der Waals surface area contributed by atoms with E-state index in [1.807, 2.05) is 6.92 Å². The summed E-state index contributed by atoms with van der Waals surface area (Å²) in [4.78, 5) is 31.8. The number of rotatable bonds is 5. The molecule has 1 N–H and O–H groups in total. The Balaban J connectivity index is 1.78. The first-order chi connectivity index (χ1) is 12.0. The number of carbonyl (C=O) groups is 2. The van der Waals surface area contributed by atoms with Gasteiger partial charge in [0.2, 0.25) is 0 Å². The number of pyridine rings is 1. The number of Topliss-reactive ketones (excluding diaryl/α,β-unsaturated/α-hetero) is 1. The minimum atomic E-state index is -0.263. The Morgan fingerprint density at radius 2 is 2.08 bits per heavy atom. The Bertz CT molecular complexity index is 901. The van der Waals surface area contributed by atoms with Gasteiger partial charge >= 0.3 is 0 Å². The zero-order valence-corrected chi connectivity index (χ0v) is 13.9. The van der Waals surface area contributed by atoms with Gasteiger partial charge in [0.05, 0.1) is 12.1 Å². The Morgan fingerprint density at radius 1 is 1.24 bits per heavy atom. The van der Waals surface area contributed by atoms with Crippen LogP contribution in [-0.4, -0.2) is 29.4 Å². The predicted molar refractivity (Wildman–Crippen MR) is 95.6 cm³/mol. The number of ketones is 1. The minimum absolute atomic E-state index is 0.0165. The van der Waals surface area contributed by atoms with E-state index in [1.165, 1.54) is 13.1 Å². The number of benzene rings is 1. The topological polar surface area (TPSA) is 80.6 Å². The molecule has 0 unspecified atom stereocenters. The summed E-state index contributed by atoms with van der Waals surface area (Å²) in [6.45, 7) is 3.88. The lowest BCUT2D eigenvalue weighted by atomic mass is 10.0. The first-order valence-electron chi connectivity index (χ1n) is 7.80. The monoisotopic (exact) mass is 335 g/mol. The van der Waals surface area contributed by atoms with Crippen molar-refractivity contribution in [1.82, 2.24) is 4.98 Å². The molecular weight excluding hydrogens is 318 g/mol. The van der Waals surface area contributed by atoms with Crippen molar-refractivity contribution in [3.05, 3.63) is 59.3 Å². The highest BCUT2D eigenvalue weighted by atomic mass is 16.5. The molecule has 126 valence electrons. The van der Waals surface area contributed by atoms with Crippen LogP contribution in [0.1, 0.15) is 22.8 Å². The number of aliphatic imine (C=N–C) groups is 1. The molecule has 1 aromatic heterocycles. The highest BCUT2D eigenvalue weighted by Crippen LogP contribution is 2.28. The maximum Gasteiger partial charge on any atom is 0.258 e. The van der Waals surface area contributed by atoms with Crippen LogP contribution in [0, 0.1) is 6.92 Å². The molecule has 0 atom stereocenters. The zero-order chi connectivity index (χ0) is 17.8. The molecule has 0 bridgehead atoms. The molecular formula is C19H17N3O3. The Hall–Kier alpha value is -3.28. The Kier molecular flexibility index (Phi) is 4.70. The number of carbonyl (C=O) groups excluding carboxylic acids is 2. The quantitative estimate of drug-likeness (QED) is 0.850. The van der Waals surface area contributed by atoms with E-state index in [0.717, 1.165) is 5.56 Å². The third-order valence-electron chi connectivity index (χ3n) is 3.77. The van der Waals surface area contributed by atoms with Crippen molar-refractivity contribution in [2.75, 3.05) is 11.9 Å². The summed E-state index contributed by atoms with van der Waals surface area (Å²) >= 11 is 0. The highest BCUT2D eigenvalue weighted by molar-refractivity contribution is 6.18. The normalized spacial score (nSPS) is 12.6. The van der Waals surface area contributed by atoms with Gasteiger partial charge in [-0.05, 0) is 32.1 Å². The summed E-state index contributed by atoms with van der Waals surface area (Å²) in [5, 5.41) is 2.71. The van der Waals surface area contributed by atoms with Crippen LogP contribution >= 0.6 is 0 Å². The highest BCUT2D eigenvalue weighted by Gasteiger charge is 2.12. The number of amides is 1. The largest absolute Gasteiger partial charge is 0.457 e. The molecule has 6 heteroatoms. The van der Waals surface area contributed by atoms with Gasteiger partial charge in [0.15, 0.2) is 5.78 Å². The number of hydrogen-bond donors (Lipinski definition) is 1. The fraction of sp³-hybridized carbons (Fsp3) is 0.158. The van der Waals surface area contributed by atoms with Gasteiger partial charge in [-0.2, -0.15) is 0 Å². The van der Waals surface area contributed by atoms with Crippen molar-refractivity contribution in [2.45, 2.75) is 13.8 Å². The standard InChI is InChI=1S/C19H17N3O3/c1-12-16(13(2)23)4-3-5-17(12)25-15-7-9-21-18(10-15)22-19(24)14-6-8-20-11-14/h3-7,9-11H,8H2,1-2H3,(H,21,22,24). The van der Waals surface area contributed by atoms with Gasteiger partial charge in [-0.15, -0.1) is 0 Å². The number of nitrogens with one attached hydrogen (secondary N) is 1. The molecule has 0 saturated carbocycles. The van der Waals surface area contributed by atoms with Crippen LogP contribution in [0.4, 0.5) is 5.82 Å². The Morgan fingerprint density at radius 3 is 2.80 bits per heavy atom. The lowest BCUT2D eigenvalue weighted by Gasteiger charge is -2.12. The van der Waals surface area contributed by atoms with Gasteiger partial charge in [-0.1, -0.05) is 12.1 Å². The van der Waals surface area contributed by atoms with E-state index in [2.05, 4.69) is 15.3 Å². The van der Waals surface area contributed by atoms with E-state index in [-0.39, 0.29) is 11.7 Å². The molecule has 0 saturated heterocycles. The van der Waals surface area contributed by atoms with Gasteiger partial charge in [-0.3, -0.25) is 14.6 Å². The van der Waals surface area contributed by atoms with Gasteiger partial charge in [0.1, 0.15) is 17.3 Å². The number of hydrogen-bond acceptors (Lipinski definition) is 5. The molecule has 25 heavy (non-hydrogen) atoms. The van der Waals surface area contributed by atoms with Gasteiger partial charge in [0.25, 0.3) is 5.91 Å². The lowest BCUT2D eigenvalue weighted by molar-refractivity contribution is -0.112. The predicted octanol–water partition coefficient (Wildman–Crippen LogP) is 3.33. The van der Waals surface area contributed by atoms with Crippen LogP contribution in [0.15, 0.2) is 53.2 Å². The van der Waals surface area contributed by atoms with E-state index >= 15 is 0 Å². The van der Waals surface area contributed by atoms with Crippen LogP contribution in [0.5, 0.6) is 11.5 Å². The van der Waals surface area contributed by atoms with Crippen molar-refractivity contribution in [3.63, 3.8) is 0 Å². The minimum Gasteiger partial charge on any atom is -0.457 e. The first-order valence-corrected chi connectivity index (χ1v) is 7.80. The molecule has 1 amide bonds. The van der Waals surface area contributed by atoms with Crippen molar-refractivity contribution < 1.29 is 14.3 Å². The average Bonchev–Trinajstić information content (AvgIpc) is 3.11. The number of anilines is 1. The second kappa shape index (κ2) is 7.09. The van der Waals surface area contributed by atoms with Crippen LogP contribution < -0.4 is 10.1 Å². The third kappa shape index (κ3) is 3.80. The average molecular weight is 335 g/mol. The fourth-order valence-corrected chi connectivity index (χ4v) is 2.47. The molecule has 1 aliphatic heterocycles. The summed E-state index contributed by atoms with van der Waals surface area (Å²) in [6.07, 6.45) is 4.82.